The number of nitrogens with one attached hydrogen (secondary N) is 1. The molecule has 0 saturated heterocycles. The number of rotatable bonds is 10. The van der Waals surface area contributed by atoms with Gasteiger partial charge in [-0.15, -0.1) is 0 Å². The number of aromatic nitrogens is 2. The largest absolute Gasteiger partial charge is 0.478 e. The van der Waals surface area contributed by atoms with Crippen molar-refractivity contribution in [3.63, 3.8) is 0 Å². The van der Waals surface area contributed by atoms with Gasteiger partial charge in [-0.25, -0.2) is 4.98 Å². The Balaban J connectivity index is 2.66. The predicted octanol–water partition coefficient (Wildman–Crippen LogP) is 3.23. The summed E-state index contributed by atoms with van der Waals surface area (Å²) in [6, 6.07) is 1.87. The third-order valence-corrected chi connectivity index (χ3v) is 2.82. The molecule has 0 unspecified atom stereocenters. The van der Waals surface area contributed by atoms with Crippen LogP contribution in [0, 0.1) is 0 Å². The molecule has 5 heteroatoms. The summed E-state index contributed by atoms with van der Waals surface area (Å²) in [6.07, 6.45) is 3.10. The van der Waals surface area contributed by atoms with Crippen LogP contribution in [0.2, 0.25) is 0 Å². The maximum Gasteiger partial charge on any atom is 0.218 e. The molecule has 0 atom stereocenters. The number of hydrogen-bond donors (Lipinski definition) is 1. The van der Waals surface area contributed by atoms with Gasteiger partial charge in [0.25, 0.3) is 0 Å². The van der Waals surface area contributed by atoms with E-state index in [-0.39, 0.29) is 5.92 Å². The number of methoxy groups -OCH3 is 1. The Hall–Kier alpha value is -1.36. The van der Waals surface area contributed by atoms with E-state index in [1.165, 1.54) is 0 Å². The van der Waals surface area contributed by atoms with Gasteiger partial charge < -0.3 is 14.8 Å². The summed E-state index contributed by atoms with van der Waals surface area (Å²) < 4.78 is 10.7. The van der Waals surface area contributed by atoms with Crippen LogP contribution in [0.15, 0.2) is 6.07 Å². The smallest absolute Gasteiger partial charge is 0.218 e. The summed E-state index contributed by atoms with van der Waals surface area (Å²) >= 11 is 0. The van der Waals surface area contributed by atoms with Crippen molar-refractivity contribution in [2.24, 2.45) is 0 Å². The fourth-order valence-electron chi connectivity index (χ4n) is 1.62. The molecule has 1 aromatic rings. The standard InChI is InChI=1S/C15H27N3O2/c1-5-6-10-20-14-11-13(16-8-7-9-19-4)17-15(18-14)12(2)3/h11-12H,5-10H2,1-4H3,(H,16,17,18). The van der Waals surface area contributed by atoms with E-state index < -0.39 is 0 Å². The Morgan fingerprint density at radius 2 is 2.00 bits per heavy atom. The van der Waals surface area contributed by atoms with Gasteiger partial charge in [-0.05, 0) is 12.8 Å². The number of ether oxygens (including phenoxy) is 2. The van der Waals surface area contributed by atoms with Gasteiger partial charge in [-0.3, -0.25) is 0 Å². The molecule has 0 spiro atoms. The molecule has 5 nitrogen and oxygen atoms in total. The van der Waals surface area contributed by atoms with Crippen LogP contribution in [-0.4, -0.2) is 36.8 Å². The van der Waals surface area contributed by atoms with E-state index in [1.54, 1.807) is 7.11 Å². The molecule has 1 N–H and O–H groups in total. The molecule has 0 aliphatic carbocycles. The molecule has 0 aliphatic rings. The minimum atomic E-state index is 0.282. The lowest BCUT2D eigenvalue weighted by Gasteiger charge is -2.12. The van der Waals surface area contributed by atoms with E-state index in [9.17, 15) is 0 Å². The SMILES string of the molecule is CCCCOc1cc(NCCCOC)nc(C(C)C)n1. The van der Waals surface area contributed by atoms with E-state index in [2.05, 4.69) is 36.1 Å². The van der Waals surface area contributed by atoms with Crippen LogP contribution in [0.5, 0.6) is 5.88 Å². The van der Waals surface area contributed by atoms with Gasteiger partial charge in [0.15, 0.2) is 0 Å². The topological polar surface area (TPSA) is 56.3 Å². The first kappa shape index (κ1) is 16.7. The van der Waals surface area contributed by atoms with Gasteiger partial charge in [0.05, 0.1) is 6.61 Å². The van der Waals surface area contributed by atoms with Gasteiger partial charge >= 0.3 is 0 Å². The van der Waals surface area contributed by atoms with Crippen LogP contribution >= 0.6 is 0 Å². The van der Waals surface area contributed by atoms with E-state index >= 15 is 0 Å². The summed E-state index contributed by atoms with van der Waals surface area (Å²) in [5, 5.41) is 3.29. The fraction of sp³-hybridized carbons (Fsp3) is 0.733. The van der Waals surface area contributed by atoms with Crippen LogP contribution in [0.4, 0.5) is 5.82 Å². The number of nitrogens with zero attached hydrogens (tertiary/aromatic N) is 2. The number of anilines is 1. The van der Waals surface area contributed by atoms with Crippen LogP contribution in [-0.2, 0) is 4.74 Å². The average Bonchev–Trinajstić information content (AvgIpc) is 2.44. The first-order valence-corrected chi connectivity index (χ1v) is 7.42. The monoisotopic (exact) mass is 281 g/mol. The molecule has 0 aromatic carbocycles. The second-order valence-electron chi connectivity index (χ2n) is 5.08. The lowest BCUT2D eigenvalue weighted by atomic mass is 10.2. The van der Waals surface area contributed by atoms with Crippen LogP contribution < -0.4 is 10.1 Å². The first-order chi connectivity index (χ1) is 9.67. The fourth-order valence-corrected chi connectivity index (χ4v) is 1.62. The zero-order valence-corrected chi connectivity index (χ0v) is 13.1. The number of hydrogen-bond acceptors (Lipinski definition) is 5. The molecule has 0 fully saturated rings. The Morgan fingerprint density at radius 3 is 2.65 bits per heavy atom. The number of unbranched alkanes of at least 4 members (excludes halogenated alkanes) is 1. The van der Waals surface area contributed by atoms with Crippen molar-refractivity contribution in [2.45, 2.75) is 46.0 Å². The van der Waals surface area contributed by atoms with E-state index in [0.717, 1.165) is 44.1 Å². The predicted molar refractivity (Wildman–Crippen MR) is 81.5 cm³/mol. The molecular weight excluding hydrogens is 254 g/mol. The average molecular weight is 281 g/mol. The third-order valence-electron chi connectivity index (χ3n) is 2.82. The molecule has 1 aromatic heterocycles. The van der Waals surface area contributed by atoms with Crippen molar-refractivity contribution >= 4 is 5.82 Å². The Labute approximate surface area is 122 Å². The maximum absolute atomic E-state index is 5.69. The Kier molecular flexibility index (Phi) is 7.95. The van der Waals surface area contributed by atoms with Crippen molar-refractivity contribution in [3.8, 4) is 5.88 Å². The summed E-state index contributed by atoms with van der Waals surface area (Å²) in [4.78, 5) is 8.97. The molecule has 20 heavy (non-hydrogen) atoms. The van der Waals surface area contributed by atoms with Gasteiger partial charge in [-0.2, -0.15) is 4.98 Å². The molecule has 1 heterocycles. The zero-order chi connectivity index (χ0) is 14.8. The Morgan fingerprint density at radius 1 is 1.20 bits per heavy atom. The molecule has 1 rings (SSSR count). The second-order valence-corrected chi connectivity index (χ2v) is 5.08. The summed E-state index contributed by atoms with van der Waals surface area (Å²) in [5.41, 5.74) is 0. The molecular formula is C15H27N3O2. The highest BCUT2D eigenvalue weighted by Crippen LogP contribution is 2.18. The normalized spacial score (nSPS) is 10.8. The molecule has 0 amide bonds. The highest BCUT2D eigenvalue weighted by atomic mass is 16.5. The van der Waals surface area contributed by atoms with Crippen LogP contribution in [0.1, 0.15) is 51.8 Å². The second kappa shape index (κ2) is 9.53. The molecule has 0 aliphatic heterocycles. The zero-order valence-electron chi connectivity index (χ0n) is 13.1. The van der Waals surface area contributed by atoms with E-state index in [4.69, 9.17) is 9.47 Å². The molecule has 0 radical (unpaired) electrons. The van der Waals surface area contributed by atoms with Crippen molar-refractivity contribution in [3.05, 3.63) is 11.9 Å². The lowest BCUT2D eigenvalue weighted by Crippen LogP contribution is -2.10. The Bertz CT molecular complexity index is 383. The quantitative estimate of drug-likeness (QED) is 0.667. The van der Waals surface area contributed by atoms with Gasteiger partial charge in [0, 0.05) is 32.2 Å². The minimum Gasteiger partial charge on any atom is -0.478 e. The first-order valence-electron chi connectivity index (χ1n) is 7.42. The minimum absolute atomic E-state index is 0.282. The van der Waals surface area contributed by atoms with Crippen molar-refractivity contribution in [1.82, 2.24) is 9.97 Å². The van der Waals surface area contributed by atoms with Crippen LogP contribution in [0.3, 0.4) is 0 Å². The maximum atomic E-state index is 5.69. The highest BCUT2D eigenvalue weighted by molar-refractivity contribution is 5.38. The van der Waals surface area contributed by atoms with Gasteiger partial charge in [0.2, 0.25) is 5.88 Å². The van der Waals surface area contributed by atoms with Crippen molar-refractivity contribution < 1.29 is 9.47 Å². The summed E-state index contributed by atoms with van der Waals surface area (Å²) in [5.74, 6) is 2.58. The summed E-state index contributed by atoms with van der Waals surface area (Å²) in [6.45, 7) is 8.59. The molecule has 114 valence electrons. The third kappa shape index (κ3) is 6.19. The van der Waals surface area contributed by atoms with Crippen molar-refractivity contribution in [2.75, 3.05) is 32.2 Å². The van der Waals surface area contributed by atoms with Crippen LogP contribution in [0.25, 0.3) is 0 Å². The summed E-state index contributed by atoms with van der Waals surface area (Å²) in [7, 11) is 1.71. The van der Waals surface area contributed by atoms with E-state index in [1.807, 2.05) is 6.07 Å². The lowest BCUT2D eigenvalue weighted by molar-refractivity contribution is 0.197. The van der Waals surface area contributed by atoms with Crippen molar-refractivity contribution in [1.29, 1.82) is 0 Å². The van der Waals surface area contributed by atoms with Gasteiger partial charge in [-0.1, -0.05) is 27.2 Å². The molecule has 0 bridgehead atoms. The van der Waals surface area contributed by atoms with Gasteiger partial charge in [0.1, 0.15) is 11.6 Å². The van der Waals surface area contributed by atoms with E-state index in [0.29, 0.717) is 12.5 Å². The molecule has 0 saturated carbocycles. The highest BCUT2D eigenvalue weighted by Gasteiger charge is 2.08.